The average Bonchev–Trinajstić information content (AvgIpc) is 2.99. The number of amides is 2. The van der Waals surface area contributed by atoms with Crippen LogP contribution in [0, 0.1) is 12.7 Å². The summed E-state index contributed by atoms with van der Waals surface area (Å²) in [6, 6.07) is 24.7. The van der Waals surface area contributed by atoms with E-state index < -0.39 is 29.5 Å². The van der Waals surface area contributed by atoms with Crippen molar-refractivity contribution < 1.29 is 14.0 Å². The van der Waals surface area contributed by atoms with Crippen LogP contribution in [-0.4, -0.2) is 20.9 Å². The minimum atomic E-state index is -0.675. The summed E-state index contributed by atoms with van der Waals surface area (Å²) in [6.45, 7) is 1.92. The Kier molecular flexibility index (Phi) is 8.31. The molecule has 0 saturated carbocycles. The normalized spacial score (nSPS) is 10.9. The van der Waals surface area contributed by atoms with Gasteiger partial charge in [0, 0.05) is 17.8 Å². The van der Waals surface area contributed by atoms with Crippen LogP contribution in [0.3, 0.4) is 0 Å². The molecule has 1 heterocycles. The molecule has 0 radical (unpaired) electrons. The number of para-hydroxylation sites is 1. The fraction of sp³-hybridized carbons (Fsp3) is 0.125. The van der Waals surface area contributed by atoms with E-state index in [1.807, 2.05) is 31.2 Å². The first-order chi connectivity index (χ1) is 20.2. The third kappa shape index (κ3) is 6.31. The molecule has 2 amide bonds. The molecule has 212 valence electrons. The first-order valence-electron chi connectivity index (χ1n) is 13.1. The van der Waals surface area contributed by atoms with Crippen molar-refractivity contribution in [2.75, 3.05) is 5.32 Å². The molecule has 0 spiro atoms. The summed E-state index contributed by atoms with van der Waals surface area (Å²) in [5.74, 6) is -1.43. The van der Waals surface area contributed by atoms with Crippen molar-refractivity contribution in [1.29, 1.82) is 0 Å². The van der Waals surface area contributed by atoms with Gasteiger partial charge < -0.3 is 10.6 Å². The Balaban J connectivity index is 1.36. The van der Waals surface area contributed by atoms with E-state index in [2.05, 4.69) is 10.6 Å². The van der Waals surface area contributed by atoms with Crippen LogP contribution in [0.15, 0.2) is 101 Å². The van der Waals surface area contributed by atoms with Crippen LogP contribution in [0.1, 0.15) is 27.0 Å². The monoisotopic (exact) mass is 584 g/mol. The minimum absolute atomic E-state index is 0.0665. The molecule has 8 nitrogen and oxygen atoms in total. The van der Waals surface area contributed by atoms with E-state index >= 15 is 0 Å². The molecule has 0 aliphatic rings. The topological polar surface area (TPSA) is 102 Å². The third-order valence-electron chi connectivity index (χ3n) is 6.77. The second kappa shape index (κ2) is 12.2. The lowest BCUT2D eigenvalue weighted by Gasteiger charge is -2.14. The lowest BCUT2D eigenvalue weighted by atomic mass is 10.1. The van der Waals surface area contributed by atoms with Crippen molar-refractivity contribution in [3.63, 3.8) is 0 Å². The summed E-state index contributed by atoms with van der Waals surface area (Å²) in [5, 5.41) is 5.59. The highest BCUT2D eigenvalue weighted by Gasteiger charge is 2.16. The molecule has 0 unspecified atom stereocenters. The van der Waals surface area contributed by atoms with Gasteiger partial charge in [-0.05, 0) is 60.5 Å². The van der Waals surface area contributed by atoms with Gasteiger partial charge in [0.15, 0.2) is 0 Å². The maximum Gasteiger partial charge on any atom is 0.332 e. The SMILES string of the molecule is Cc1ccc(CNC(=O)c2ccc(Cn3c(=O)c4ccccc4n(CC(=O)Nc4ccc(F)c(Cl)c4)c3=O)cc2)cc1. The number of carbonyl (C=O) groups excluding carboxylic acids is 2. The minimum Gasteiger partial charge on any atom is -0.348 e. The van der Waals surface area contributed by atoms with Gasteiger partial charge >= 0.3 is 5.69 Å². The number of hydrogen-bond acceptors (Lipinski definition) is 4. The molecular formula is C32H26ClFN4O4. The van der Waals surface area contributed by atoms with E-state index in [-0.39, 0.29) is 28.5 Å². The first-order valence-corrected chi connectivity index (χ1v) is 13.5. The van der Waals surface area contributed by atoms with E-state index in [0.29, 0.717) is 23.2 Å². The number of benzene rings is 4. The molecule has 10 heteroatoms. The van der Waals surface area contributed by atoms with E-state index in [4.69, 9.17) is 11.6 Å². The van der Waals surface area contributed by atoms with Gasteiger partial charge in [0.25, 0.3) is 11.5 Å². The number of nitrogens with zero attached hydrogens (tertiary/aromatic N) is 2. The van der Waals surface area contributed by atoms with Crippen LogP contribution >= 0.6 is 11.6 Å². The van der Waals surface area contributed by atoms with Crippen molar-refractivity contribution in [2.45, 2.75) is 26.6 Å². The quantitative estimate of drug-likeness (QED) is 0.271. The third-order valence-corrected chi connectivity index (χ3v) is 7.06. The zero-order valence-electron chi connectivity index (χ0n) is 22.6. The Morgan fingerprint density at radius 2 is 1.55 bits per heavy atom. The number of nitrogens with one attached hydrogen (secondary N) is 2. The molecular weight excluding hydrogens is 559 g/mol. The molecule has 0 bridgehead atoms. The van der Waals surface area contributed by atoms with E-state index in [1.165, 1.54) is 16.7 Å². The fourth-order valence-corrected chi connectivity index (χ4v) is 4.70. The number of aryl methyl sites for hydroxylation is 1. The van der Waals surface area contributed by atoms with Crippen LogP contribution < -0.4 is 21.9 Å². The number of anilines is 1. The van der Waals surface area contributed by atoms with Gasteiger partial charge in [-0.15, -0.1) is 0 Å². The summed E-state index contributed by atoms with van der Waals surface area (Å²) in [7, 11) is 0. The van der Waals surface area contributed by atoms with Gasteiger partial charge in [-0.25, -0.2) is 9.18 Å². The number of hydrogen-bond donors (Lipinski definition) is 2. The standard InChI is InChI=1S/C32H26ClFN4O4/c1-20-6-8-21(9-7-20)17-35-30(40)23-12-10-22(11-13-23)18-38-31(41)25-4-2-3-5-28(25)37(32(38)42)19-29(39)36-24-14-15-27(34)26(33)16-24/h2-16H,17-19H2,1H3,(H,35,40)(H,36,39). The molecule has 5 rings (SSSR count). The smallest absolute Gasteiger partial charge is 0.332 e. The Labute approximate surface area is 245 Å². The molecule has 0 fully saturated rings. The van der Waals surface area contributed by atoms with Crippen LogP contribution in [0.2, 0.25) is 5.02 Å². The molecule has 0 aliphatic carbocycles. The molecule has 1 aromatic heterocycles. The first kappa shape index (κ1) is 28.5. The van der Waals surface area contributed by atoms with Gasteiger partial charge in [0.2, 0.25) is 5.91 Å². The second-order valence-corrected chi connectivity index (χ2v) is 10.2. The lowest BCUT2D eigenvalue weighted by molar-refractivity contribution is -0.116. The van der Waals surface area contributed by atoms with Crippen LogP contribution in [0.25, 0.3) is 10.9 Å². The predicted octanol–water partition coefficient (Wildman–Crippen LogP) is 4.88. The summed E-state index contributed by atoms with van der Waals surface area (Å²) >= 11 is 5.81. The maximum atomic E-state index is 13.5. The Hall–Kier alpha value is -5.02. The van der Waals surface area contributed by atoms with Crippen molar-refractivity contribution in [2.24, 2.45) is 0 Å². The molecule has 0 saturated heterocycles. The highest BCUT2D eigenvalue weighted by atomic mass is 35.5. The Morgan fingerprint density at radius 3 is 2.26 bits per heavy atom. The van der Waals surface area contributed by atoms with Crippen molar-refractivity contribution in [1.82, 2.24) is 14.5 Å². The summed E-state index contributed by atoms with van der Waals surface area (Å²) in [4.78, 5) is 52.3. The van der Waals surface area contributed by atoms with Gasteiger partial charge in [0.1, 0.15) is 12.4 Å². The fourth-order valence-electron chi connectivity index (χ4n) is 4.52. The van der Waals surface area contributed by atoms with Crippen LogP contribution in [0.5, 0.6) is 0 Å². The largest absolute Gasteiger partial charge is 0.348 e. The molecule has 4 aromatic carbocycles. The highest BCUT2D eigenvalue weighted by Crippen LogP contribution is 2.19. The van der Waals surface area contributed by atoms with Crippen LogP contribution in [-0.2, 0) is 24.4 Å². The van der Waals surface area contributed by atoms with E-state index in [9.17, 15) is 23.6 Å². The number of aromatic nitrogens is 2. The zero-order valence-corrected chi connectivity index (χ0v) is 23.3. The number of rotatable bonds is 8. The summed E-state index contributed by atoms with van der Waals surface area (Å²) < 4.78 is 15.8. The molecule has 42 heavy (non-hydrogen) atoms. The van der Waals surface area contributed by atoms with Gasteiger partial charge in [-0.3, -0.25) is 23.5 Å². The summed E-state index contributed by atoms with van der Waals surface area (Å²) in [6.07, 6.45) is 0. The van der Waals surface area contributed by atoms with Gasteiger partial charge in [0.05, 0.1) is 22.5 Å². The zero-order chi connectivity index (χ0) is 29.8. The number of carbonyl (C=O) groups is 2. The lowest BCUT2D eigenvalue weighted by Crippen LogP contribution is -2.42. The van der Waals surface area contributed by atoms with Gasteiger partial charge in [-0.2, -0.15) is 0 Å². The Bertz CT molecular complexity index is 1920. The summed E-state index contributed by atoms with van der Waals surface area (Å²) in [5.41, 5.74) is 2.56. The second-order valence-electron chi connectivity index (χ2n) is 9.82. The average molecular weight is 585 g/mol. The molecule has 5 aromatic rings. The van der Waals surface area contributed by atoms with Crippen molar-refractivity contribution in [3.8, 4) is 0 Å². The predicted molar refractivity (Wildman–Crippen MR) is 160 cm³/mol. The van der Waals surface area contributed by atoms with Crippen molar-refractivity contribution in [3.05, 3.63) is 145 Å². The number of halogens is 2. The Morgan fingerprint density at radius 1 is 0.857 bits per heavy atom. The highest BCUT2D eigenvalue weighted by molar-refractivity contribution is 6.31. The molecule has 0 aliphatic heterocycles. The van der Waals surface area contributed by atoms with Crippen LogP contribution in [0.4, 0.5) is 10.1 Å². The van der Waals surface area contributed by atoms with Crippen molar-refractivity contribution >= 4 is 40.0 Å². The van der Waals surface area contributed by atoms with Gasteiger partial charge in [-0.1, -0.05) is 65.7 Å². The number of fused-ring (bicyclic) bond motifs is 1. The molecule has 0 atom stereocenters. The van der Waals surface area contributed by atoms with E-state index in [1.54, 1.807) is 48.5 Å². The molecule has 2 N–H and O–H groups in total. The van der Waals surface area contributed by atoms with E-state index in [0.717, 1.165) is 21.8 Å². The maximum absolute atomic E-state index is 13.5.